The number of aryl methyl sites for hydroxylation is 1. The van der Waals surface area contributed by atoms with E-state index in [1.54, 1.807) is 0 Å². The predicted molar refractivity (Wildman–Crippen MR) is 78.5 cm³/mol. The van der Waals surface area contributed by atoms with Crippen LogP contribution in [-0.4, -0.2) is 4.98 Å². The molecule has 3 rings (SSSR count). The molecule has 0 amide bonds. The van der Waals surface area contributed by atoms with Crippen LogP contribution < -0.4 is 0 Å². The van der Waals surface area contributed by atoms with E-state index in [0.29, 0.717) is 0 Å². The van der Waals surface area contributed by atoms with Gasteiger partial charge in [-0.2, -0.15) is 0 Å². The molecule has 97 valence electrons. The number of rotatable bonds is 1. The number of pyridine rings is 1. The van der Waals surface area contributed by atoms with E-state index in [1.807, 2.05) is 36.5 Å². The molecule has 1 aromatic heterocycles. The van der Waals surface area contributed by atoms with E-state index in [2.05, 4.69) is 46.0 Å². The summed E-state index contributed by atoms with van der Waals surface area (Å²) in [5.41, 5.74) is 3.37. The summed E-state index contributed by atoms with van der Waals surface area (Å²) in [5, 5.41) is 2.28. The standard InChI is InChI=1S/C16H11BrN.Ir/c1-11-8-9-12-13(5-4-6-14(12)17)16(11)15-7-2-3-10-18-15;/h2-4,6-10H,1H3;/q-1;. The van der Waals surface area contributed by atoms with Crippen LogP contribution in [0.4, 0.5) is 0 Å². The molecule has 0 saturated heterocycles. The molecule has 0 fully saturated rings. The summed E-state index contributed by atoms with van der Waals surface area (Å²) in [5.74, 6) is 0. The molecule has 0 N–H and O–H groups in total. The molecule has 0 atom stereocenters. The van der Waals surface area contributed by atoms with Gasteiger partial charge in [-0.25, -0.2) is 0 Å². The van der Waals surface area contributed by atoms with Crippen molar-refractivity contribution >= 4 is 26.7 Å². The maximum Gasteiger partial charge on any atom is 0.0297 e. The molecular weight excluding hydrogens is 478 g/mol. The van der Waals surface area contributed by atoms with E-state index in [-0.39, 0.29) is 20.1 Å². The summed E-state index contributed by atoms with van der Waals surface area (Å²) in [6, 6.07) is 17.5. The molecule has 3 aromatic rings. The van der Waals surface area contributed by atoms with Gasteiger partial charge in [-0.15, -0.1) is 23.6 Å². The number of fused-ring (bicyclic) bond motifs is 1. The van der Waals surface area contributed by atoms with Crippen LogP contribution in [0.3, 0.4) is 0 Å². The predicted octanol–water partition coefficient (Wildman–Crippen LogP) is 4.77. The van der Waals surface area contributed by atoms with Crippen LogP contribution in [-0.2, 0) is 20.1 Å². The second-order valence-electron chi connectivity index (χ2n) is 4.22. The monoisotopic (exact) mass is 489 g/mol. The molecule has 1 heterocycles. The van der Waals surface area contributed by atoms with E-state index in [4.69, 9.17) is 0 Å². The summed E-state index contributed by atoms with van der Waals surface area (Å²) < 4.78 is 1.09. The maximum absolute atomic E-state index is 4.45. The van der Waals surface area contributed by atoms with Gasteiger partial charge in [-0.3, -0.25) is 4.98 Å². The molecule has 0 spiro atoms. The summed E-state index contributed by atoms with van der Waals surface area (Å²) >= 11 is 3.59. The summed E-state index contributed by atoms with van der Waals surface area (Å²) in [6.07, 6.45) is 1.82. The van der Waals surface area contributed by atoms with Gasteiger partial charge < -0.3 is 0 Å². The minimum atomic E-state index is 0. The van der Waals surface area contributed by atoms with Crippen molar-refractivity contribution in [1.29, 1.82) is 0 Å². The van der Waals surface area contributed by atoms with Gasteiger partial charge in [0.25, 0.3) is 0 Å². The molecular formula is C16H11BrIrN-. The fraction of sp³-hybridized carbons (Fsp3) is 0.0625. The first kappa shape index (κ1) is 14.4. The van der Waals surface area contributed by atoms with Gasteiger partial charge in [-0.05, 0) is 19.1 Å². The van der Waals surface area contributed by atoms with Crippen molar-refractivity contribution in [2.24, 2.45) is 0 Å². The Labute approximate surface area is 134 Å². The van der Waals surface area contributed by atoms with Gasteiger partial charge in [0, 0.05) is 32.0 Å². The number of aromatic nitrogens is 1. The minimum Gasteiger partial charge on any atom is -0.266 e. The zero-order valence-corrected chi connectivity index (χ0v) is 14.3. The molecule has 2 aromatic carbocycles. The Balaban J connectivity index is 0.00000133. The van der Waals surface area contributed by atoms with Crippen LogP contribution in [0.2, 0.25) is 0 Å². The molecule has 0 aliphatic rings. The average Bonchev–Trinajstić information content (AvgIpc) is 2.40. The van der Waals surface area contributed by atoms with E-state index >= 15 is 0 Å². The van der Waals surface area contributed by atoms with E-state index < -0.39 is 0 Å². The molecule has 0 unspecified atom stereocenters. The van der Waals surface area contributed by atoms with Crippen LogP contribution in [0.25, 0.3) is 22.0 Å². The van der Waals surface area contributed by atoms with Gasteiger partial charge in [0.1, 0.15) is 0 Å². The number of hydrogen-bond donors (Lipinski definition) is 0. The first-order valence-corrected chi connectivity index (χ1v) is 6.57. The third-order valence-corrected chi connectivity index (χ3v) is 3.74. The fourth-order valence-electron chi connectivity index (χ4n) is 2.18. The van der Waals surface area contributed by atoms with Crippen molar-refractivity contribution in [2.45, 2.75) is 6.92 Å². The van der Waals surface area contributed by atoms with Crippen LogP contribution >= 0.6 is 15.9 Å². The molecule has 19 heavy (non-hydrogen) atoms. The van der Waals surface area contributed by atoms with Gasteiger partial charge in [0.2, 0.25) is 0 Å². The Morgan fingerprint density at radius 3 is 2.68 bits per heavy atom. The fourth-order valence-corrected chi connectivity index (χ4v) is 2.65. The molecule has 1 radical (unpaired) electrons. The molecule has 1 nitrogen and oxygen atoms in total. The Morgan fingerprint density at radius 2 is 1.95 bits per heavy atom. The smallest absolute Gasteiger partial charge is 0.0297 e. The Hall–Kier alpha value is -1.02. The van der Waals surface area contributed by atoms with E-state index in [1.165, 1.54) is 10.9 Å². The van der Waals surface area contributed by atoms with E-state index in [9.17, 15) is 0 Å². The van der Waals surface area contributed by atoms with Crippen LogP contribution in [0.1, 0.15) is 5.56 Å². The molecule has 0 aliphatic carbocycles. The summed E-state index contributed by atoms with van der Waals surface area (Å²) in [4.78, 5) is 4.45. The number of halogens is 1. The second kappa shape index (κ2) is 5.96. The SMILES string of the molecule is Cc1ccc2c(Br)cc[c-]c2c1-c1ccccn1.[Ir]. The first-order valence-electron chi connectivity index (χ1n) is 5.78. The Bertz CT molecular complexity index is 711. The Kier molecular flexibility index (Phi) is 4.51. The minimum absolute atomic E-state index is 0. The van der Waals surface area contributed by atoms with Crippen molar-refractivity contribution in [1.82, 2.24) is 4.98 Å². The molecule has 3 heteroatoms. The third kappa shape index (κ3) is 2.64. The van der Waals surface area contributed by atoms with Crippen molar-refractivity contribution in [2.75, 3.05) is 0 Å². The van der Waals surface area contributed by atoms with Gasteiger partial charge in [-0.1, -0.05) is 55.1 Å². The van der Waals surface area contributed by atoms with Crippen LogP contribution in [0.5, 0.6) is 0 Å². The van der Waals surface area contributed by atoms with Crippen LogP contribution in [0.15, 0.2) is 53.1 Å². The zero-order chi connectivity index (χ0) is 12.5. The van der Waals surface area contributed by atoms with Gasteiger partial charge >= 0.3 is 0 Å². The zero-order valence-electron chi connectivity index (χ0n) is 10.3. The van der Waals surface area contributed by atoms with Gasteiger partial charge in [0.15, 0.2) is 0 Å². The Morgan fingerprint density at radius 1 is 1.11 bits per heavy atom. The summed E-state index contributed by atoms with van der Waals surface area (Å²) in [7, 11) is 0. The topological polar surface area (TPSA) is 12.9 Å². The summed E-state index contributed by atoms with van der Waals surface area (Å²) in [6.45, 7) is 2.11. The van der Waals surface area contributed by atoms with Gasteiger partial charge in [0.05, 0.1) is 0 Å². The van der Waals surface area contributed by atoms with Crippen molar-refractivity contribution < 1.29 is 20.1 Å². The maximum atomic E-state index is 4.45. The van der Waals surface area contributed by atoms with Crippen molar-refractivity contribution in [3.63, 3.8) is 0 Å². The normalized spacial score (nSPS) is 10.2. The molecule has 0 bridgehead atoms. The third-order valence-electron chi connectivity index (χ3n) is 3.05. The van der Waals surface area contributed by atoms with Crippen molar-refractivity contribution in [3.8, 4) is 11.3 Å². The largest absolute Gasteiger partial charge is 0.266 e. The molecule has 0 aliphatic heterocycles. The second-order valence-corrected chi connectivity index (χ2v) is 5.07. The van der Waals surface area contributed by atoms with Crippen LogP contribution in [0, 0.1) is 13.0 Å². The first-order chi connectivity index (χ1) is 8.77. The number of hydrogen-bond acceptors (Lipinski definition) is 1. The number of benzene rings is 2. The average molecular weight is 489 g/mol. The quantitative estimate of drug-likeness (QED) is 0.449. The van der Waals surface area contributed by atoms with E-state index in [0.717, 1.165) is 21.1 Å². The van der Waals surface area contributed by atoms with Crippen molar-refractivity contribution in [3.05, 3.63) is 64.8 Å². The number of nitrogens with zero attached hydrogens (tertiary/aromatic N) is 1. The molecule has 0 saturated carbocycles.